The SMILES string of the molecule is CCCCCC1(C)C(N)=NC(=O)N1C. The van der Waals surface area contributed by atoms with Crippen LogP contribution in [0.2, 0.25) is 0 Å². The first-order valence-electron chi connectivity index (χ1n) is 5.15. The molecule has 0 aromatic rings. The van der Waals surface area contributed by atoms with Gasteiger partial charge in [-0.05, 0) is 13.3 Å². The number of nitrogens with two attached hydrogens (primary N) is 1. The summed E-state index contributed by atoms with van der Waals surface area (Å²) in [5.74, 6) is 0.459. The summed E-state index contributed by atoms with van der Waals surface area (Å²) in [5.41, 5.74) is 5.41. The lowest BCUT2D eigenvalue weighted by molar-refractivity contribution is 0.191. The van der Waals surface area contributed by atoms with Crippen molar-refractivity contribution in [2.75, 3.05) is 7.05 Å². The Labute approximate surface area is 85.2 Å². The van der Waals surface area contributed by atoms with Crippen molar-refractivity contribution >= 4 is 11.9 Å². The van der Waals surface area contributed by atoms with Gasteiger partial charge in [-0.25, -0.2) is 4.79 Å². The number of hydrogen-bond acceptors (Lipinski definition) is 2. The van der Waals surface area contributed by atoms with Gasteiger partial charge in [-0.1, -0.05) is 26.2 Å². The molecule has 0 saturated heterocycles. The molecule has 0 aromatic carbocycles. The molecule has 0 fully saturated rings. The van der Waals surface area contributed by atoms with Crippen LogP contribution in [0.25, 0.3) is 0 Å². The molecule has 0 aromatic heterocycles. The Balaban J connectivity index is 2.64. The summed E-state index contributed by atoms with van der Waals surface area (Å²) in [5, 5.41) is 0. The van der Waals surface area contributed by atoms with Crippen LogP contribution < -0.4 is 5.73 Å². The number of amides is 2. The van der Waals surface area contributed by atoms with Gasteiger partial charge in [0, 0.05) is 7.05 Å². The number of carbonyl (C=O) groups excluding carboxylic acids is 1. The summed E-state index contributed by atoms with van der Waals surface area (Å²) >= 11 is 0. The van der Waals surface area contributed by atoms with Gasteiger partial charge < -0.3 is 10.6 Å². The van der Waals surface area contributed by atoms with Crippen molar-refractivity contribution in [3.8, 4) is 0 Å². The van der Waals surface area contributed by atoms with Crippen molar-refractivity contribution in [2.45, 2.75) is 45.1 Å². The third-order valence-electron chi connectivity index (χ3n) is 3.06. The van der Waals surface area contributed by atoms with Gasteiger partial charge in [-0.3, -0.25) is 0 Å². The van der Waals surface area contributed by atoms with Gasteiger partial charge in [0.25, 0.3) is 0 Å². The largest absolute Gasteiger partial charge is 0.385 e. The van der Waals surface area contributed by atoms with Crippen LogP contribution in [-0.4, -0.2) is 29.4 Å². The molecule has 0 aliphatic carbocycles. The lowest BCUT2D eigenvalue weighted by Gasteiger charge is -2.31. The van der Waals surface area contributed by atoms with Crippen molar-refractivity contribution < 1.29 is 4.79 Å². The fourth-order valence-corrected chi connectivity index (χ4v) is 1.70. The van der Waals surface area contributed by atoms with E-state index in [-0.39, 0.29) is 11.6 Å². The van der Waals surface area contributed by atoms with Gasteiger partial charge in [-0.2, -0.15) is 4.99 Å². The number of hydrogen-bond donors (Lipinski definition) is 1. The molecule has 80 valence electrons. The van der Waals surface area contributed by atoms with Gasteiger partial charge >= 0.3 is 6.03 Å². The Morgan fingerprint density at radius 3 is 2.57 bits per heavy atom. The van der Waals surface area contributed by atoms with Crippen LogP contribution >= 0.6 is 0 Å². The molecule has 0 bridgehead atoms. The second-order valence-electron chi connectivity index (χ2n) is 4.07. The summed E-state index contributed by atoms with van der Waals surface area (Å²) in [4.78, 5) is 16.7. The summed E-state index contributed by atoms with van der Waals surface area (Å²) < 4.78 is 0. The van der Waals surface area contributed by atoms with E-state index >= 15 is 0 Å². The third kappa shape index (κ3) is 1.74. The number of likely N-dealkylation sites (N-methyl/N-ethyl adjacent to an activating group) is 1. The molecule has 0 saturated carbocycles. The number of amidine groups is 1. The molecule has 1 heterocycles. The monoisotopic (exact) mass is 197 g/mol. The van der Waals surface area contributed by atoms with Gasteiger partial charge in [-0.15, -0.1) is 0 Å². The highest BCUT2D eigenvalue weighted by atomic mass is 16.2. The van der Waals surface area contributed by atoms with E-state index in [2.05, 4.69) is 11.9 Å². The topological polar surface area (TPSA) is 58.7 Å². The number of carbonyl (C=O) groups is 1. The average molecular weight is 197 g/mol. The minimum Gasteiger partial charge on any atom is -0.385 e. The van der Waals surface area contributed by atoms with E-state index in [1.807, 2.05) is 6.92 Å². The van der Waals surface area contributed by atoms with Gasteiger partial charge in [0.1, 0.15) is 5.84 Å². The van der Waals surface area contributed by atoms with Crippen LogP contribution in [0.15, 0.2) is 4.99 Å². The zero-order chi connectivity index (χ0) is 10.8. The van der Waals surface area contributed by atoms with E-state index in [0.29, 0.717) is 5.84 Å². The zero-order valence-electron chi connectivity index (χ0n) is 9.21. The Morgan fingerprint density at radius 1 is 1.50 bits per heavy atom. The molecule has 1 unspecified atom stereocenters. The lowest BCUT2D eigenvalue weighted by atomic mass is 9.93. The molecule has 14 heavy (non-hydrogen) atoms. The van der Waals surface area contributed by atoms with Gasteiger partial charge in [0.15, 0.2) is 0 Å². The number of nitrogens with zero attached hydrogens (tertiary/aromatic N) is 2. The van der Waals surface area contributed by atoms with E-state index in [1.54, 1.807) is 11.9 Å². The molecule has 4 nitrogen and oxygen atoms in total. The highest BCUT2D eigenvalue weighted by Crippen LogP contribution is 2.26. The summed E-state index contributed by atoms with van der Waals surface area (Å²) in [6, 6.07) is -0.221. The second kappa shape index (κ2) is 3.98. The van der Waals surface area contributed by atoms with Crippen LogP contribution in [0.3, 0.4) is 0 Å². The van der Waals surface area contributed by atoms with Crippen LogP contribution in [-0.2, 0) is 0 Å². The van der Waals surface area contributed by atoms with Gasteiger partial charge in [0.05, 0.1) is 5.54 Å². The molecule has 4 heteroatoms. The van der Waals surface area contributed by atoms with Gasteiger partial charge in [0.2, 0.25) is 0 Å². The van der Waals surface area contributed by atoms with Crippen LogP contribution in [0.4, 0.5) is 4.79 Å². The highest BCUT2D eigenvalue weighted by molar-refractivity contribution is 6.05. The molecular formula is C10H19N3O. The molecule has 0 spiro atoms. The van der Waals surface area contributed by atoms with Crippen LogP contribution in [0, 0.1) is 0 Å². The molecule has 1 rings (SSSR count). The minimum absolute atomic E-state index is 0.221. The Hall–Kier alpha value is -1.06. The molecule has 2 amide bonds. The Morgan fingerprint density at radius 2 is 2.14 bits per heavy atom. The van der Waals surface area contributed by atoms with Crippen LogP contribution in [0.1, 0.15) is 39.5 Å². The summed E-state index contributed by atoms with van der Waals surface area (Å²) in [6.45, 7) is 4.13. The summed E-state index contributed by atoms with van der Waals surface area (Å²) in [6.07, 6.45) is 4.33. The molecule has 0 radical (unpaired) electrons. The number of urea groups is 1. The number of rotatable bonds is 4. The van der Waals surface area contributed by atoms with E-state index in [9.17, 15) is 4.79 Å². The van der Waals surface area contributed by atoms with E-state index < -0.39 is 0 Å². The molecule has 1 aliphatic rings. The maximum atomic E-state index is 11.3. The number of aliphatic imine (C=N–C) groups is 1. The molecule has 2 N–H and O–H groups in total. The first-order chi connectivity index (χ1) is 6.52. The van der Waals surface area contributed by atoms with Crippen LogP contribution in [0.5, 0.6) is 0 Å². The first kappa shape index (κ1) is 11.0. The van der Waals surface area contributed by atoms with Crippen molar-refractivity contribution in [3.05, 3.63) is 0 Å². The van der Waals surface area contributed by atoms with Crippen molar-refractivity contribution in [1.29, 1.82) is 0 Å². The third-order valence-corrected chi connectivity index (χ3v) is 3.06. The molecular weight excluding hydrogens is 178 g/mol. The predicted octanol–water partition coefficient (Wildman–Crippen LogP) is 1.75. The van der Waals surface area contributed by atoms with Crippen molar-refractivity contribution in [2.24, 2.45) is 10.7 Å². The van der Waals surface area contributed by atoms with E-state index in [4.69, 9.17) is 5.73 Å². The zero-order valence-corrected chi connectivity index (χ0v) is 9.21. The highest BCUT2D eigenvalue weighted by Gasteiger charge is 2.41. The fraction of sp³-hybridized carbons (Fsp3) is 0.800. The Bertz CT molecular complexity index is 262. The average Bonchev–Trinajstić information content (AvgIpc) is 2.32. The Kier molecular flexibility index (Phi) is 3.13. The lowest BCUT2D eigenvalue weighted by Crippen LogP contribution is -2.49. The number of unbranched alkanes of at least 4 members (excludes halogenated alkanes) is 2. The van der Waals surface area contributed by atoms with Crippen molar-refractivity contribution in [1.82, 2.24) is 4.90 Å². The maximum Gasteiger partial charge on any atom is 0.345 e. The van der Waals surface area contributed by atoms with E-state index in [0.717, 1.165) is 12.8 Å². The first-order valence-corrected chi connectivity index (χ1v) is 5.15. The fourth-order valence-electron chi connectivity index (χ4n) is 1.70. The normalized spacial score (nSPS) is 26.9. The molecule has 1 aliphatic heterocycles. The quantitative estimate of drug-likeness (QED) is 0.698. The smallest absolute Gasteiger partial charge is 0.345 e. The minimum atomic E-state index is -0.355. The predicted molar refractivity (Wildman–Crippen MR) is 57.3 cm³/mol. The standard InChI is InChI=1S/C10H19N3O/c1-4-5-6-7-10(2)8(11)12-9(14)13(10)3/h4-7H2,1-3H3,(H2,11,12,14). The van der Waals surface area contributed by atoms with Crippen molar-refractivity contribution in [3.63, 3.8) is 0 Å². The maximum absolute atomic E-state index is 11.3. The molecule has 1 atom stereocenters. The van der Waals surface area contributed by atoms with E-state index in [1.165, 1.54) is 12.8 Å². The summed E-state index contributed by atoms with van der Waals surface area (Å²) in [7, 11) is 1.76. The second-order valence-corrected chi connectivity index (χ2v) is 4.07.